The molecule has 0 spiro atoms. The third kappa shape index (κ3) is 5.94. The first kappa shape index (κ1) is 24.6. The minimum atomic E-state index is -3.66. The Hall–Kier alpha value is -3.53. The Bertz CT molecular complexity index is 1290. The van der Waals surface area contributed by atoms with E-state index in [1.807, 2.05) is 24.3 Å². The molecule has 0 bridgehead atoms. The van der Waals surface area contributed by atoms with Gasteiger partial charge in [-0.25, -0.2) is 8.42 Å². The van der Waals surface area contributed by atoms with Crippen molar-refractivity contribution in [3.63, 3.8) is 0 Å². The third-order valence-electron chi connectivity index (χ3n) is 6.01. The lowest BCUT2D eigenvalue weighted by Gasteiger charge is -2.34. The quantitative estimate of drug-likeness (QED) is 0.516. The van der Waals surface area contributed by atoms with E-state index in [4.69, 9.17) is 0 Å². The molecule has 1 aliphatic rings. The molecule has 9 heteroatoms. The normalized spacial score (nSPS) is 14.9. The van der Waals surface area contributed by atoms with Crippen LogP contribution in [-0.2, 0) is 16.6 Å². The van der Waals surface area contributed by atoms with Gasteiger partial charge in [0.05, 0.1) is 4.90 Å². The first-order chi connectivity index (χ1) is 16.8. The van der Waals surface area contributed by atoms with Crippen LogP contribution in [0.2, 0.25) is 0 Å². The fourth-order valence-electron chi connectivity index (χ4n) is 3.98. The highest BCUT2D eigenvalue weighted by molar-refractivity contribution is 7.89. The van der Waals surface area contributed by atoms with Gasteiger partial charge in [-0.05, 0) is 48.4 Å². The highest BCUT2D eigenvalue weighted by Gasteiger charge is 2.28. The van der Waals surface area contributed by atoms with Crippen molar-refractivity contribution in [1.29, 1.82) is 0 Å². The van der Waals surface area contributed by atoms with Crippen LogP contribution < -0.4 is 10.9 Å². The summed E-state index contributed by atoms with van der Waals surface area (Å²) in [5, 5.41) is 0. The first-order valence-electron chi connectivity index (χ1n) is 11.4. The van der Waals surface area contributed by atoms with Crippen molar-refractivity contribution in [3.05, 3.63) is 101 Å². The number of nitrogens with zero attached hydrogens (tertiary/aromatic N) is 2. The van der Waals surface area contributed by atoms with Crippen molar-refractivity contribution in [2.75, 3.05) is 26.2 Å². The number of carbonyl (C=O) groups is 2. The predicted octanol–water partition coefficient (Wildman–Crippen LogP) is 2.58. The van der Waals surface area contributed by atoms with Crippen molar-refractivity contribution in [2.24, 2.45) is 0 Å². The summed E-state index contributed by atoms with van der Waals surface area (Å²) < 4.78 is 27.7. The van der Waals surface area contributed by atoms with Gasteiger partial charge in [-0.2, -0.15) is 4.31 Å². The third-order valence-corrected chi connectivity index (χ3v) is 7.93. The molecule has 1 saturated heterocycles. The van der Waals surface area contributed by atoms with E-state index < -0.39 is 21.8 Å². The second kappa shape index (κ2) is 10.8. The smallest absolute Gasteiger partial charge is 0.269 e. The zero-order chi connectivity index (χ0) is 24.8. The molecule has 1 aliphatic heterocycles. The van der Waals surface area contributed by atoms with Crippen molar-refractivity contribution in [2.45, 2.75) is 18.4 Å². The van der Waals surface area contributed by atoms with Gasteiger partial charge in [-0.3, -0.25) is 25.3 Å². The van der Waals surface area contributed by atoms with Crippen LogP contribution in [0, 0.1) is 6.92 Å². The van der Waals surface area contributed by atoms with Crippen molar-refractivity contribution in [3.8, 4) is 0 Å². The molecule has 1 fully saturated rings. The fraction of sp³-hybridized carbons (Fsp3) is 0.231. The molecule has 2 N–H and O–H groups in total. The van der Waals surface area contributed by atoms with Crippen LogP contribution in [-0.4, -0.2) is 55.6 Å². The van der Waals surface area contributed by atoms with E-state index in [9.17, 15) is 18.0 Å². The van der Waals surface area contributed by atoms with Gasteiger partial charge in [-0.15, -0.1) is 0 Å². The molecule has 0 unspecified atom stereocenters. The van der Waals surface area contributed by atoms with Gasteiger partial charge >= 0.3 is 0 Å². The van der Waals surface area contributed by atoms with E-state index in [0.717, 1.165) is 12.1 Å². The molecule has 1 heterocycles. The average molecular weight is 493 g/mol. The molecule has 3 aromatic rings. The second-order valence-corrected chi connectivity index (χ2v) is 10.4. The lowest BCUT2D eigenvalue weighted by atomic mass is 10.1. The molecule has 182 valence electrons. The number of piperazine rings is 1. The second-order valence-electron chi connectivity index (χ2n) is 8.41. The number of sulfonamides is 1. The van der Waals surface area contributed by atoms with E-state index in [1.54, 1.807) is 25.1 Å². The van der Waals surface area contributed by atoms with Crippen molar-refractivity contribution >= 4 is 21.8 Å². The summed E-state index contributed by atoms with van der Waals surface area (Å²) in [5.41, 5.74) is 7.44. The molecule has 0 aliphatic carbocycles. The van der Waals surface area contributed by atoms with E-state index >= 15 is 0 Å². The molecule has 4 rings (SSSR count). The molecule has 0 atom stereocenters. The highest BCUT2D eigenvalue weighted by Crippen LogP contribution is 2.19. The zero-order valence-electron chi connectivity index (χ0n) is 19.5. The summed E-state index contributed by atoms with van der Waals surface area (Å²) in [4.78, 5) is 27.1. The molecule has 0 radical (unpaired) electrons. The fourth-order valence-corrected chi connectivity index (χ4v) is 5.40. The summed E-state index contributed by atoms with van der Waals surface area (Å²) in [6.07, 6.45) is 0. The van der Waals surface area contributed by atoms with Crippen LogP contribution in [0.5, 0.6) is 0 Å². The number of hydrogen-bond donors (Lipinski definition) is 2. The number of amides is 2. The molecule has 35 heavy (non-hydrogen) atoms. The topological polar surface area (TPSA) is 98.8 Å². The minimum absolute atomic E-state index is 0.134. The molecule has 8 nitrogen and oxygen atoms in total. The Balaban J connectivity index is 1.32. The van der Waals surface area contributed by atoms with Gasteiger partial charge < -0.3 is 0 Å². The number of aryl methyl sites for hydroxylation is 1. The summed E-state index contributed by atoms with van der Waals surface area (Å²) in [5.74, 6) is -0.965. The molecular formula is C26H28N4O4S. The molecular weight excluding hydrogens is 464 g/mol. The van der Waals surface area contributed by atoms with Crippen LogP contribution in [0.25, 0.3) is 0 Å². The molecule has 2 amide bonds. The number of nitrogens with one attached hydrogen (secondary N) is 2. The summed E-state index contributed by atoms with van der Waals surface area (Å²) >= 11 is 0. The van der Waals surface area contributed by atoms with Gasteiger partial charge in [0.15, 0.2) is 0 Å². The number of hydrogen-bond acceptors (Lipinski definition) is 5. The van der Waals surface area contributed by atoms with Gasteiger partial charge in [0.25, 0.3) is 11.8 Å². The van der Waals surface area contributed by atoms with Crippen molar-refractivity contribution in [1.82, 2.24) is 20.1 Å². The SMILES string of the molecule is Cc1ccccc1C(=O)NNC(=O)c1ccc(S(=O)(=O)N2CCN(Cc3ccccc3)CC2)cc1. The van der Waals surface area contributed by atoms with E-state index in [0.29, 0.717) is 31.7 Å². The Morgan fingerprint density at radius 3 is 2.03 bits per heavy atom. The van der Waals surface area contributed by atoms with E-state index in [-0.39, 0.29) is 10.5 Å². The maximum atomic E-state index is 13.1. The monoisotopic (exact) mass is 492 g/mol. The molecule has 0 aromatic heterocycles. The highest BCUT2D eigenvalue weighted by atomic mass is 32.2. The number of hydrazine groups is 1. The lowest BCUT2D eigenvalue weighted by Crippen LogP contribution is -2.48. The summed E-state index contributed by atoms with van der Waals surface area (Å²) in [6, 6.07) is 22.9. The lowest BCUT2D eigenvalue weighted by molar-refractivity contribution is 0.0846. The Morgan fingerprint density at radius 1 is 0.771 bits per heavy atom. The first-order valence-corrected chi connectivity index (χ1v) is 12.8. The van der Waals surface area contributed by atoms with Crippen LogP contribution in [0.1, 0.15) is 31.8 Å². The average Bonchev–Trinajstić information content (AvgIpc) is 2.88. The van der Waals surface area contributed by atoms with Crippen LogP contribution >= 0.6 is 0 Å². The molecule has 3 aromatic carbocycles. The van der Waals surface area contributed by atoms with Crippen LogP contribution in [0.4, 0.5) is 0 Å². The Morgan fingerprint density at radius 2 is 1.37 bits per heavy atom. The van der Waals surface area contributed by atoms with Crippen LogP contribution in [0.3, 0.4) is 0 Å². The van der Waals surface area contributed by atoms with Gasteiger partial charge in [0.1, 0.15) is 0 Å². The maximum Gasteiger partial charge on any atom is 0.269 e. The number of benzene rings is 3. The Kier molecular flexibility index (Phi) is 7.60. The van der Waals surface area contributed by atoms with Crippen LogP contribution in [0.15, 0.2) is 83.8 Å². The zero-order valence-corrected chi connectivity index (χ0v) is 20.3. The van der Waals surface area contributed by atoms with Gasteiger partial charge in [-0.1, -0.05) is 48.5 Å². The van der Waals surface area contributed by atoms with E-state index in [2.05, 4.69) is 27.9 Å². The van der Waals surface area contributed by atoms with E-state index in [1.165, 1.54) is 34.1 Å². The standard InChI is InChI=1S/C26H28N4O4S/c1-20-7-5-6-10-24(20)26(32)28-27-25(31)22-11-13-23(14-12-22)35(33,34)30-17-15-29(16-18-30)19-21-8-3-2-4-9-21/h2-14H,15-19H2,1H3,(H,27,31)(H,28,32). The van der Waals surface area contributed by atoms with Crippen molar-refractivity contribution < 1.29 is 18.0 Å². The van der Waals surface area contributed by atoms with Gasteiger partial charge in [0.2, 0.25) is 10.0 Å². The summed E-state index contributed by atoms with van der Waals surface area (Å²) in [6.45, 7) is 4.70. The molecule has 0 saturated carbocycles. The minimum Gasteiger partial charge on any atom is -0.296 e. The summed E-state index contributed by atoms with van der Waals surface area (Å²) in [7, 11) is -3.66. The number of carbonyl (C=O) groups excluding carboxylic acids is 2. The van der Waals surface area contributed by atoms with Gasteiger partial charge in [0, 0.05) is 43.9 Å². The largest absolute Gasteiger partial charge is 0.296 e. The predicted molar refractivity (Wildman–Crippen MR) is 133 cm³/mol. The number of rotatable bonds is 6. The Labute approximate surface area is 205 Å². The maximum absolute atomic E-state index is 13.1.